The zero-order valence-corrected chi connectivity index (χ0v) is 15.6. The molecule has 26 heavy (non-hydrogen) atoms. The van der Waals surface area contributed by atoms with Crippen LogP contribution in [0, 0.1) is 6.92 Å². The minimum atomic E-state index is -0.377. The Bertz CT molecular complexity index is 844. The highest BCUT2D eigenvalue weighted by atomic mass is 32.2. The molecule has 2 N–H and O–H groups in total. The molecule has 6 nitrogen and oxygen atoms in total. The van der Waals surface area contributed by atoms with E-state index in [1.54, 1.807) is 6.07 Å². The predicted octanol–water partition coefficient (Wildman–Crippen LogP) is 2.79. The first-order valence-corrected chi connectivity index (χ1v) is 9.84. The number of rotatable bonds is 5. The highest BCUT2D eigenvalue weighted by Gasteiger charge is 2.17. The van der Waals surface area contributed by atoms with Crippen LogP contribution < -0.4 is 10.9 Å². The SMILES string of the molecule is Cc1cccc(-n2c(SCC(=O)NC3CCCCC3)nc(O)cc2=O)c1. The summed E-state index contributed by atoms with van der Waals surface area (Å²) in [6, 6.07) is 8.79. The number of thioether (sulfide) groups is 1. The lowest BCUT2D eigenvalue weighted by molar-refractivity contribution is -0.119. The molecule has 3 rings (SSSR count). The van der Waals surface area contributed by atoms with Crippen molar-refractivity contribution in [1.82, 2.24) is 14.9 Å². The molecule has 0 atom stereocenters. The van der Waals surface area contributed by atoms with Crippen molar-refractivity contribution in [2.45, 2.75) is 50.2 Å². The monoisotopic (exact) mass is 373 g/mol. The minimum absolute atomic E-state index is 0.0738. The first kappa shape index (κ1) is 18.5. The number of aryl methyl sites for hydroxylation is 1. The van der Waals surface area contributed by atoms with Crippen molar-refractivity contribution in [3.8, 4) is 11.6 Å². The average Bonchev–Trinajstić information content (AvgIpc) is 2.60. The fourth-order valence-electron chi connectivity index (χ4n) is 3.20. The van der Waals surface area contributed by atoms with Crippen molar-refractivity contribution in [3.05, 3.63) is 46.2 Å². The van der Waals surface area contributed by atoms with Crippen molar-refractivity contribution >= 4 is 17.7 Å². The van der Waals surface area contributed by atoms with Crippen molar-refractivity contribution < 1.29 is 9.90 Å². The number of carbonyl (C=O) groups excluding carboxylic acids is 1. The van der Waals surface area contributed by atoms with Gasteiger partial charge < -0.3 is 10.4 Å². The number of amides is 1. The molecule has 1 amide bonds. The summed E-state index contributed by atoms with van der Waals surface area (Å²) in [4.78, 5) is 28.7. The van der Waals surface area contributed by atoms with Gasteiger partial charge in [-0.25, -0.2) is 0 Å². The van der Waals surface area contributed by atoms with Gasteiger partial charge in [-0.05, 0) is 37.5 Å². The minimum Gasteiger partial charge on any atom is -0.493 e. The Labute approximate surface area is 156 Å². The molecular formula is C19H23N3O3S. The molecule has 0 bridgehead atoms. The van der Waals surface area contributed by atoms with E-state index >= 15 is 0 Å². The van der Waals surface area contributed by atoms with Gasteiger partial charge in [-0.3, -0.25) is 14.2 Å². The average molecular weight is 373 g/mol. The number of aromatic hydroxyl groups is 1. The molecule has 1 heterocycles. The molecule has 0 aliphatic heterocycles. The lowest BCUT2D eigenvalue weighted by Gasteiger charge is -2.22. The Hall–Kier alpha value is -2.28. The summed E-state index contributed by atoms with van der Waals surface area (Å²) in [7, 11) is 0. The van der Waals surface area contributed by atoms with Crippen LogP contribution in [0.4, 0.5) is 0 Å². The highest BCUT2D eigenvalue weighted by molar-refractivity contribution is 7.99. The summed E-state index contributed by atoms with van der Waals surface area (Å²) in [6.07, 6.45) is 5.58. The van der Waals surface area contributed by atoms with Crippen molar-refractivity contribution in [2.75, 3.05) is 5.75 Å². The Kier molecular flexibility index (Phi) is 5.98. The summed E-state index contributed by atoms with van der Waals surface area (Å²) in [5.41, 5.74) is 1.30. The van der Waals surface area contributed by atoms with Crippen LogP contribution in [0.25, 0.3) is 5.69 Å². The third-order valence-electron chi connectivity index (χ3n) is 4.44. The Morgan fingerprint density at radius 3 is 2.81 bits per heavy atom. The van der Waals surface area contributed by atoms with Gasteiger partial charge >= 0.3 is 0 Å². The van der Waals surface area contributed by atoms with E-state index in [-0.39, 0.29) is 29.1 Å². The normalized spacial score (nSPS) is 15.0. The Morgan fingerprint density at radius 2 is 2.08 bits per heavy atom. The van der Waals surface area contributed by atoms with Crippen LogP contribution in [-0.2, 0) is 4.79 Å². The highest BCUT2D eigenvalue weighted by Crippen LogP contribution is 2.22. The largest absolute Gasteiger partial charge is 0.493 e. The summed E-state index contributed by atoms with van der Waals surface area (Å²) in [5.74, 6) is -0.262. The Balaban J connectivity index is 1.76. The van der Waals surface area contributed by atoms with Crippen LogP contribution in [-0.4, -0.2) is 32.4 Å². The van der Waals surface area contributed by atoms with E-state index in [0.29, 0.717) is 10.8 Å². The fourth-order valence-corrected chi connectivity index (χ4v) is 4.02. The van der Waals surface area contributed by atoms with E-state index < -0.39 is 0 Å². The Morgan fingerprint density at radius 1 is 1.31 bits per heavy atom. The lowest BCUT2D eigenvalue weighted by Crippen LogP contribution is -2.37. The molecule has 1 aromatic heterocycles. The number of carbonyl (C=O) groups is 1. The van der Waals surface area contributed by atoms with E-state index in [1.165, 1.54) is 11.0 Å². The van der Waals surface area contributed by atoms with Gasteiger partial charge in [0.1, 0.15) is 0 Å². The van der Waals surface area contributed by atoms with Crippen LogP contribution in [0.15, 0.2) is 40.3 Å². The van der Waals surface area contributed by atoms with Gasteiger partial charge in [0.25, 0.3) is 5.56 Å². The molecule has 1 aliphatic carbocycles. The second-order valence-corrected chi connectivity index (χ2v) is 7.54. The molecule has 0 radical (unpaired) electrons. The van der Waals surface area contributed by atoms with E-state index in [4.69, 9.17) is 0 Å². The second kappa shape index (κ2) is 8.40. The number of nitrogens with zero attached hydrogens (tertiary/aromatic N) is 2. The number of hydrogen-bond donors (Lipinski definition) is 2. The maximum absolute atomic E-state index is 12.4. The molecule has 1 fully saturated rings. The fraction of sp³-hybridized carbons (Fsp3) is 0.421. The molecule has 0 spiro atoms. The summed E-state index contributed by atoms with van der Waals surface area (Å²) in [6.45, 7) is 1.94. The number of nitrogens with one attached hydrogen (secondary N) is 1. The summed E-state index contributed by atoms with van der Waals surface area (Å²) >= 11 is 1.15. The zero-order chi connectivity index (χ0) is 18.5. The molecule has 0 saturated heterocycles. The van der Waals surface area contributed by atoms with E-state index in [2.05, 4.69) is 10.3 Å². The third kappa shape index (κ3) is 4.66. The second-order valence-electron chi connectivity index (χ2n) is 6.60. The van der Waals surface area contributed by atoms with Gasteiger partial charge in [0.15, 0.2) is 5.16 Å². The van der Waals surface area contributed by atoms with Gasteiger partial charge in [0, 0.05) is 6.04 Å². The molecule has 7 heteroatoms. The van der Waals surface area contributed by atoms with E-state index in [9.17, 15) is 14.7 Å². The zero-order valence-electron chi connectivity index (χ0n) is 14.8. The van der Waals surface area contributed by atoms with Crippen LogP contribution in [0.3, 0.4) is 0 Å². The van der Waals surface area contributed by atoms with Crippen molar-refractivity contribution in [1.29, 1.82) is 0 Å². The first-order valence-electron chi connectivity index (χ1n) is 8.85. The molecule has 0 unspecified atom stereocenters. The van der Waals surface area contributed by atoms with E-state index in [1.807, 2.05) is 25.1 Å². The molecule has 138 valence electrons. The van der Waals surface area contributed by atoms with Gasteiger partial charge in [-0.2, -0.15) is 4.98 Å². The maximum atomic E-state index is 12.4. The summed E-state index contributed by atoms with van der Waals surface area (Å²) < 4.78 is 1.42. The van der Waals surface area contributed by atoms with Crippen LogP contribution in [0.5, 0.6) is 5.88 Å². The van der Waals surface area contributed by atoms with E-state index in [0.717, 1.165) is 49.1 Å². The van der Waals surface area contributed by atoms with Crippen LogP contribution in [0.2, 0.25) is 0 Å². The molecule has 1 aliphatic rings. The van der Waals surface area contributed by atoms with Gasteiger partial charge in [0.05, 0.1) is 17.5 Å². The quantitative estimate of drug-likeness (QED) is 0.622. The predicted molar refractivity (Wildman–Crippen MR) is 102 cm³/mol. The smallest absolute Gasteiger partial charge is 0.262 e. The van der Waals surface area contributed by atoms with Gasteiger partial charge in [0.2, 0.25) is 11.8 Å². The standard InChI is InChI=1S/C19H23N3O3S/c1-13-6-5-9-15(10-13)22-18(25)11-16(23)21-19(22)26-12-17(24)20-14-7-3-2-4-8-14/h5-6,9-11,14,23H,2-4,7-8,12H2,1H3,(H,20,24). The lowest BCUT2D eigenvalue weighted by atomic mass is 9.95. The molecular weight excluding hydrogens is 350 g/mol. The number of benzene rings is 1. The summed E-state index contributed by atoms with van der Waals surface area (Å²) in [5, 5.41) is 13.1. The maximum Gasteiger partial charge on any atom is 0.262 e. The molecule has 2 aromatic rings. The first-order chi connectivity index (χ1) is 12.5. The molecule has 1 aromatic carbocycles. The van der Waals surface area contributed by atoms with Crippen LogP contribution >= 0.6 is 11.8 Å². The van der Waals surface area contributed by atoms with Crippen molar-refractivity contribution in [2.24, 2.45) is 0 Å². The third-order valence-corrected chi connectivity index (χ3v) is 5.38. The topological polar surface area (TPSA) is 84.2 Å². The number of aromatic nitrogens is 2. The number of hydrogen-bond acceptors (Lipinski definition) is 5. The van der Waals surface area contributed by atoms with Gasteiger partial charge in [-0.15, -0.1) is 0 Å². The van der Waals surface area contributed by atoms with Crippen molar-refractivity contribution in [3.63, 3.8) is 0 Å². The molecule has 1 saturated carbocycles. The van der Waals surface area contributed by atoms with Crippen LogP contribution in [0.1, 0.15) is 37.7 Å². The van der Waals surface area contributed by atoms with Gasteiger partial charge in [-0.1, -0.05) is 43.2 Å².